The van der Waals surface area contributed by atoms with Crippen molar-refractivity contribution < 1.29 is 33.5 Å². The van der Waals surface area contributed by atoms with E-state index < -0.39 is 70.7 Å². The summed E-state index contributed by atoms with van der Waals surface area (Å²) in [6.45, 7) is 15.0. The number of rotatable bonds is 12. The van der Waals surface area contributed by atoms with Crippen LogP contribution < -0.4 is 21.7 Å². The number of primary amides is 1. The molecule has 5 atom stereocenters. The van der Waals surface area contributed by atoms with Crippen molar-refractivity contribution >= 4 is 35.5 Å². The van der Waals surface area contributed by atoms with Gasteiger partial charge in [-0.3, -0.25) is 19.2 Å². The lowest BCUT2D eigenvalue weighted by Crippen LogP contribution is -2.61. The van der Waals surface area contributed by atoms with Crippen molar-refractivity contribution in [3.63, 3.8) is 0 Å². The fourth-order valence-electron chi connectivity index (χ4n) is 7.51. The van der Waals surface area contributed by atoms with Crippen molar-refractivity contribution in [1.82, 2.24) is 20.9 Å². The number of nitrogens with one attached hydrogen (secondary N) is 3. The summed E-state index contributed by atoms with van der Waals surface area (Å²) in [6.07, 6.45) is 4.78. The quantitative estimate of drug-likeness (QED) is 0.191. The number of esters is 1. The number of nitrogens with two attached hydrogens (primary N) is 1. The van der Waals surface area contributed by atoms with Crippen LogP contribution in [-0.4, -0.2) is 76.7 Å². The first kappa shape index (κ1) is 38.8. The topological polar surface area (TPSA) is 177 Å². The van der Waals surface area contributed by atoms with Crippen molar-refractivity contribution in [3.8, 4) is 0 Å². The number of hydrogen-bond donors (Lipinski definition) is 4. The first-order valence-corrected chi connectivity index (χ1v) is 18.1. The van der Waals surface area contributed by atoms with E-state index in [0.717, 1.165) is 30.4 Å². The zero-order valence-electron chi connectivity index (χ0n) is 31.0. The van der Waals surface area contributed by atoms with Crippen molar-refractivity contribution in [3.05, 3.63) is 35.4 Å². The lowest BCUT2D eigenvalue weighted by atomic mass is 9.80. The number of benzene rings is 1. The predicted molar refractivity (Wildman–Crippen MR) is 188 cm³/mol. The first-order chi connectivity index (χ1) is 23.3. The molecule has 1 aromatic rings. The smallest absolute Gasteiger partial charge is 0.329 e. The first-order valence-electron chi connectivity index (χ1n) is 18.1. The van der Waals surface area contributed by atoms with Gasteiger partial charge in [-0.15, -0.1) is 0 Å². The maximum absolute atomic E-state index is 14.7. The highest BCUT2D eigenvalue weighted by atomic mass is 16.6. The Kier molecular flexibility index (Phi) is 12.0. The van der Waals surface area contributed by atoms with E-state index in [9.17, 15) is 28.8 Å². The molecule has 0 bridgehead atoms. The summed E-state index contributed by atoms with van der Waals surface area (Å²) in [4.78, 5) is 82.2. The number of likely N-dealkylation sites (tertiary alicyclic amines) is 1. The summed E-state index contributed by atoms with van der Waals surface area (Å²) in [5, 5.41) is 8.51. The molecular formula is C38H57N5O7. The second-order valence-electron chi connectivity index (χ2n) is 16.9. The summed E-state index contributed by atoms with van der Waals surface area (Å²) >= 11 is 0. The summed E-state index contributed by atoms with van der Waals surface area (Å²) in [5.41, 5.74) is 6.06. The number of hydrogen-bond acceptors (Lipinski definition) is 7. The third kappa shape index (κ3) is 9.42. The average Bonchev–Trinajstić information content (AvgIpc) is 3.62. The Labute approximate surface area is 296 Å². The molecule has 50 heavy (non-hydrogen) atoms. The van der Waals surface area contributed by atoms with Crippen LogP contribution in [0.2, 0.25) is 0 Å². The highest BCUT2D eigenvalue weighted by Crippen LogP contribution is 2.35. The molecule has 1 saturated carbocycles. The van der Waals surface area contributed by atoms with Crippen LogP contribution in [-0.2, 0) is 41.6 Å². The molecule has 0 radical (unpaired) electrons. The van der Waals surface area contributed by atoms with E-state index in [1.54, 1.807) is 20.8 Å². The molecular weight excluding hydrogens is 638 g/mol. The van der Waals surface area contributed by atoms with E-state index >= 15 is 0 Å². The highest BCUT2D eigenvalue weighted by Gasteiger charge is 2.48. The minimum atomic E-state index is -1.11. The van der Waals surface area contributed by atoms with Crippen LogP contribution in [0.15, 0.2) is 24.3 Å². The maximum Gasteiger partial charge on any atom is 0.329 e. The fourth-order valence-corrected chi connectivity index (χ4v) is 7.51. The number of amides is 5. The molecule has 0 spiro atoms. The molecule has 1 heterocycles. The Bertz CT molecular complexity index is 1430. The van der Waals surface area contributed by atoms with Gasteiger partial charge in [0.25, 0.3) is 5.91 Å². The molecule has 5 N–H and O–H groups in total. The van der Waals surface area contributed by atoms with Crippen LogP contribution in [0.5, 0.6) is 0 Å². The number of carbonyl (C=O) groups is 6. The molecule has 1 unspecified atom stereocenters. The second-order valence-corrected chi connectivity index (χ2v) is 16.9. The zero-order chi connectivity index (χ0) is 37.1. The van der Waals surface area contributed by atoms with Crippen molar-refractivity contribution in [1.29, 1.82) is 0 Å². The average molecular weight is 696 g/mol. The van der Waals surface area contributed by atoms with Gasteiger partial charge in [-0.25, -0.2) is 9.59 Å². The molecule has 2 aliphatic carbocycles. The molecule has 1 saturated heterocycles. The molecule has 276 valence electrons. The van der Waals surface area contributed by atoms with E-state index in [1.807, 2.05) is 58.9 Å². The molecule has 1 aromatic carbocycles. The largest absolute Gasteiger partial charge is 0.458 e. The molecule has 2 fully saturated rings. The van der Waals surface area contributed by atoms with E-state index in [0.29, 0.717) is 25.7 Å². The van der Waals surface area contributed by atoms with Gasteiger partial charge in [0.05, 0.1) is 6.04 Å². The van der Waals surface area contributed by atoms with Crippen LogP contribution in [0.3, 0.4) is 0 Å². The third-order valence-electron chi connectivity index (χ3n) is 10.4. The maximum atomic E-state index is 14.7. The Balaban J connectivity index is 1.62. The van der Waals surface area contributed by atoms with Gasteiger partial charge in [0.15, 0.2) is 0 Å². The minimum absolute atomic E-state index is 0.0206. The molecule has 0 aromatic heterocycles. The standard InChI is InChI=1S/C38H57N5O7/c1-21(2)26-16-17-43(29(26)33(46)40-27(30(44)32(39)45)18-22-12-11-13-22)34(47)28(25-19-23-14-9-10-15-24(23)20-25)41-36(49)42-31(37(3,4)5)35(48)50-38(6,7)8/h9-10,14-15,21-22,25-29,31H,11-13,16-20H2,1-8H3,(H2,39,45)(H,40,46)(H2,41,42,49)/t26-,27?,28+,29+,31-/m1/s1. The van der Waals surface area contributed by atoms with Gasteiger partial charge in [0.1, 0.15) is 23.7 Å². The zero-order valence-corrected chi connectivity index (χ0v) is 31.0. The van der Waals surface area contributed by atoms with Gasteiger partial charge in [-0.2, -0.15) is 0 Å². The van der Waals surface area contributed by atoms with E-state index in [4.69, 9.17) is 10.5 Å². The van der Waals surface area contributed by atoms with Gasteiger partial charge in [-0.1, -0.05) is 78.1 Å². The predicted octanol–water partition coefficient (Wildman–Crippen LogP) is 3.43. The third-order valence-corrected chi connectivity index (χ3v) is 10.4. The summed E-state index contributed by atoms with van der Waals surface area (Å²) in [5.74, 6) is -3.77. The lowest BCUT2D eigenvalue weighted by Gasteiger charge is -2.36. The van der Waals surface area contributed by atoms with Crippen LogP contribution in [0.4, 0.5) is 4.79 Å². The highest BCUT2D eigenvalue weighted by molar-refractivity contribution is 6.37. The number of carbonyl (C=O) groups excluding carboxylic acids is 6. The van der Waals surface area contributed by atoms with E-state index in [1.165, 1.54) is 4.90 Å². The molecule has 1 aliphatic heterocycles. The summed E-state index contributed by atoms with van der Waals surface area (Å²) in [7, 11) is 0. The fraction of sp³-hybridized carbons (Fsp3) is 0.684. The minimum Gasteiger partial charge on any atom is -0.458 e. The van der Waals surface area contributed by atoms with Gasteiger partial charge < -0.3 is 31.3 Å². The van der Waals surface area contributed by atoms with Gasteiger partial charge in [-0.05, 0) is 86.7 Å². The van der Waals surface area contributed by atoms with E-state index in [-0.39, 0.29) is 30.2 Å². The van der Waals surface area contributed by atoms with Crippen molar-refractivity contribution in [2.24, 2.45) is 34.8 Å². The number of nitrogens with zero attached hydrogens (tertiary/aromatic N) is 1. The van der Waals surface area contributed by atoms with Gasteiger partial charge >= 0.3 is 12.0 Å². The van der Waals surface area contributed by atoms with Gasteiger partial charge in [0.2, 0.25) is 17.6 Å². The second kappa shape index (κ2) is 15.5. The van der Waals surface area contributed by atoms with Gasteiger partial charge in [0, 0.05) is 6.54 Å². The Morgan fingerprint density at radius 3 is 1.98 bits per heavy atom. The molecule has 4 rings (SSSR count). The van der Waals surface area contributed by atoms with E-state index in [2.05, 4.69) is 16.0 Å². The molecule has 12 heteroatoms. The van der Waals surface area contributed by atoms with Crippen LogP contribution in [0.25, 0.3) is 0 Å². The number of fused-ring (bicyclic) bond motifs is 1. The Hall–Kier alpha value is -3.96. The van der Waals surface area contributed by atoms with Crippen LogP contribution >= 0.6 is 0 Å². The Morgan fingerprint density at radius 1 is 0.900 bits per heavy atom. The summed E-state index contributed by atoms with van der Waals surface area (Å²) < 4.78 is 5.62. The number of ether oxygens (including phenoxy) is 1. The van der Waals surface area contributed by atoms with Crippen LogP contribution in [0, 0.1) is 29.1 Å². The summed E-state index contributed by atoms with van der Waals surface area (Å²) in [6, 6.07) is 3.17. The lowest BCUT2D eigenvalue weighted by molar-refractivity contribution is -0.160. The number of ketones is 1. The Morgan fingerprint density at radius 2 is 1.50 bits per heavy atom. The van der Waals surface area contributed by atoms with Crippen LogP contribution in [0.1, 0.15) is 98.6 Å². The SMILES string of the molecule is CC(C)[C@H]1CCN(C(=O)[C@@H](NC(=O)N[C@H](C(=O)OC(C)(C)C)C(C)(C)C)C2Cc3ccccc3C2)[C@@H]1C(=O)NC(CC1CCC1)C(=O)C(N)=O. The number of Topliss-reactive ketones (excluding diaryl/α,β-unsaturated/α-hetero) is 1. The number of urea groups is 1. The molecule has 5 amide bonds. The van der Waals surface area contributed by atoms with Crippen molar-refractivity contribution in [2.75, 3.05) is 6.54 Å². The molecule has 3 aliphatic rings. The van der Waals surface area contributed by atoms with Crippen molar-refractivity contribution in [2.45, 2.75) is 130 Å². The molecule has 12 nitrogen and oxygen atoms in total. The normalized spacial score (nSPS) is 21.4. The monoisotopic (exact) mass is 695 g/mol.